The van der Waals surface area contributed by atoms with Crippen LogP contribution in [0.25, 0.3) is 49.5 Å². The molecule has 6 aromatic rings. The van der Waals surface area contributed by atoms with Gasteiger partial charge in [0.2, 0.25) is 5.88 Å². The fourth-order valence-corrected chi connectivity index (χ4v) is 3.93. The molecule has 134 valence electrons. The van der Waals surface area contributed by atoms with Crippen LogP contribution in [0.4, 0.5) is 0 Å². The molecule has 6 nitrogen and oxygen atoms in total. The highest BCUT2D eigenvalue weighted by Crippen LogP contribution is 2.36. The number of aromatic hydroxyl groups is 1. The molecule has 3 N–H and O–H groups in total. The van der Waals surface area contributed by atoms with Crippen LogP contribution in [0.3, 0.4) is 0 Å². The van der Waals surface area contributed by atoms with E-state index in [-0.39, 0.29) is 5.88 Å². The van der Waals surface area contributed by atoms with E-state index in [0.29, 0.717) is 0 Å². The first-order chi connectivity index (χ1) is 13.8. The highest BCUT2D eigenvalue weighted by Gasteiger charge is 2.16. The monoisotopic (exact) mass is 365 g/mol. The maximum atomic E-state index is 10.8. The van der Waals surface area contributed by atoms with E-state index >= 15 is 0 Å². The Morgan fingerprint density at radius 1 is 0.929 bits per heavy atom. The van der Waals surface area contributed by atoms with E-state index in [1.807, 2.05) is 30.6 Å². The molecule has 0 saturated carbocycles. The fourth-order valence-electron chi connectivity index (χ4n) is 3.93. The second-order valence-electron chi connectivity index (χ2n) is 6.83. The summed E-state index contributed by atoms with van der Waals surface area (Å²) in [5, 5.41) is 20.9. The number of aromatic nitrogens is 5. The Labute approximate surface area is 159 Å². The van der Waals surface area contributed by atoms with Gasteiger partial charge in [0.1, 0.15) is 0 Å². The molecule has 6 rings (SSSR count). The molecule has 0 amide bonds. The number of H-pyrrole nitrogens is 2. The van der Waals surface area contributed by atoms with Crippen molar-refractivity contribution in [1.29, 1.82) is 0 Å². The minimum atomic E-state index is 0.169. The van der Waals surface area contributed by atoms with Gasteiger partial charge in [0.05, 0.1) is 28.3 Å². The quantitative estimate of drug-likeness (QED) is 0.414. The average Bonchev–Trinajstić information content (AvgIpc) is 3.45. The van der Waals surface area contributed by atoms with Gasteiger partial charge >= 0.3 is 0 Å². The molecule has 0 unspecified atom stereocenters. The number of hydrogen-bond acceptors (Lipinski definition) is 3. The van der Waals surface area contributed by atoms with E-state index in [0.717, 1.165) is 49.5 Å². The van der Waals surface area contributed by atoms with Gasteiger partial charge in [0, 0.05) is 34.9 Å². The van der Waals surface area contributed by atoms with Crippen molar-refractivity contribution in [3.8, 4) is 22.7 Å². The van der Waals surface area contributed by atoms with Gasteiger partial charge in [0.25, 0.3) is 0 Å². The number of nitrogens with one attached hydrogen (secondary N) is 2. The molecule has 0 fully saturated rings. The van der Waals surface area contributed by atoms with Crippen LogP contribution in [0.15, 0.2) is 73.3 Å². The van der Waals surface area contributed by atoms with Crippen LogP contribution in [0.1, 0.15) is 0 Å². The van der Waals surface area contributed by atoms with Crippen LogP contribution in [-0.2, 0) is 0 Å². The third kappa shape index (κ3) is 2.02. The maximum Gasteiger partial charge on any atom is 0.205 e. The van der Waals surface area contributed by atoms with Gasteiger partial charge in [-0.1, -0.05) is 12.1 Å². The Hall–Kier alpha value is -4.06. The van der Waals surface area contributed by atoms with Crippen molar-refractivity contribution in [2.45, 2.75) is 0 Å². The number of nitrogens with zero attached hydrogens (tertiary/aromatic N) is 3. The molecule has 28 heavy (non-hydrogen) atoms. The predicted molar refractivity (Wildman–Crippen MR) is 110 cm³/mol. The zero-order valence-electron chi connectivity index (χ0n) is 14.7. The van der Waals surface area contributed by atoms with E-state index < -0.39 is 0 Å². The standard InChI is InChI=1S/C22H15N5O/c28-22-16-4-2-7-23-20(16)12-27(22)21-10-13(9-19-17(21)11-25-26-19)14-3-1-5-18-15(14)6-8-24-18/h1-12,24,28H,(H,25,26). The van der Waals surface area contributed by atoms with Crippen molar-refractivity contribution in [2.75, 3.05) is 0 Å². The van der Waals surface area contributed by atoms with Gasteiger partial charge in [-0.3, -0.25) is 14.6 Å². The second-order valence-corrected chi connectivity index (χ2v) is 6.83. The van der Waals surface area contributed by atoms with Gasteiger partial charge in [-0.2, -0.15) is 5.10 Å². The summed E-state index contributed by atoms with van der Waals surface area (Å²) in [5.41, 5.74) is 5.75. The van der Waals surface area contributed by atoms with Crippen LogP contribution >= 0.6 is 0 Å². The molecule has 0 aliphatic carbocycles. The number of benzene rings is 2. The van der Waals surface area contributed by atoms with Crippen molar-refractivity contribution < 1.29 is 5.11 Å². The largest absolute Gasteiger partial charge is 0.494 e. The molecule has 4 aromatic heterocycles. The second kappa shape index (κ2) is 5.47. The van der Waals surface area contributed by atoms with Crippen LogP contribution < -0.4 is 0 Å². The lowest BCUT2D eigenvalue weighted by Gasteiger charge is -2.11. The molecule has 4 heterocycles. The highest BCUT2D eigenvalue weighted by molar-refractivity contribution is 6.00. The zero-order valence-corrected chi connectivity index (χ0v) is 14.7. The van der Waals surface area contributed by atoms with E-state index in [1.165, 1.54) is 0 Å². The molecular weight excluding hydrogens is 350 g/mol. The number of hydrogen-bond donors (Lipinski definition) is 3. The van der Waals surface area contributed by atoms with Crippen LogP contribution in [0.2, 0.25) is 0 Å². The molecule has 0 bridgehead atoms. The Balaban J connectivity index is 1.68. The van der Waals surface area contributed by atoms with Crippen molar-refractivity contribution in [2.24, 2.45) is 0 Å². The molecule has 0 atom stereocenters. The molecular formula is C22H15N5O. The first-order valence-electron chi connectivity index (χ1n) is 8.98. The van der Waals surface area contributed by atoms with E-state index in [2.05, 4.69) is 50.5 Å². The first kappa shape index (κ1) is 15.0. The summed E-state index contributed by atoms with van der Waals surface area (Å²) in [4.78, 5) is 7.62. The SMILES string of the molecule is Oc1c2cccnc2cn1-c1cc(-c2cccc3[nH]ccc23)cc2[nH]ncc12. The summed E-state index contributed by atoms with van der Waals surface area (Å²) in [6.07, 6.45) is 7.30. The van der Waals surface area contributed by atoms with Gasteiger partial charge < -0.3 is 10.1 Å². The predicted octanol–water partition coefficient (Wildman–Crippen LogP) is 4.76. The Morgan fingerprint density at radius 3 is 2.82 bits per heavy atom. The lowest BCUT2D eigenvalue weighted by Crippen LogP contribution is -1.93. The molecule has 2 aromatic carbocycles. The number of pyridine rings is 1. The van der Waals surface area contributed by atoms with E-state index in [4.69, 9.17) is 0 Å². The van der Waals surface area contributed by atoms with Crippen LogP contribution in [0.5, 0.6) is 5.88 Å². The summed E-state index contributed by atoms with van der Waals surface area (Å²) in [5.74, 6) is 0.169. The molecule has 6 heteroatoms. The Morgan fingerprint density at radius 2 is 1.89 bits per heavy atom. The van der Waals surface area contributed by atoms with Gasteiger partial charge in [0.15, 0.2) is 0 Å². The maximum absolute atomic E-state index is 10.8. The Kier molecular flexibility index (Phi) is 2.94. The molecule has 0 radical (unpaired) electrons. The van der Waals surface area contributed by atoms with E-state index in [1.54, 1.807) is 17.0 Å². The van der Waals surface area contributed by atoms with Gasteiger partial charge in [-0.05, 0) is 47.5 Å². The van der Waals surface area contributed by atoms with Crippen molar-refractivity contribution >= 4 is 32.7 Å². The minimum Gasteiger partial charge on any atom is -0.494 e. The van der Waals surface area contributed by atoms with Crippen molar-refractivity contribution in [3.63, 3.8) is 0 Å². The van der Waals surface area contributed by atoms with E-state index in [9.17, 15) is 5.11 Å². The van der Waals surface area contributed by atoms with Gasteiger partial charge in [-0.15, -0.1) is 0 Å². The summed E-state index contributed by atoms with van der Waals surface area (Å²) < 4.78 is 1.77. The molecule has 0 aliphatic heterocycles. The van der Waals surface area contributed by atoms with Crippen molar-refractivity contribution in [3.05, 3.63) is 73.3 Å². The zero-order chi connectivity index (χ0) is 18.7. The van der Waals surface area contributed by atoms with Crippen LogP contribution in [-0.4, -0.2) is 29.8 Å². The average molecular weight is 365 g/mol. The smallest absolute Gasteiger partial charge is 0.205 e. The number of aromatic amines is 2. The summed E-state index contributed by atoms with van der Waals surface area (Å²) >= 11 is 0. The fraction of sp³-hybridized carbons (Fsp3) is 0. The Bertz CT molecular complexity index is 1490. The lowest BCUT2D eigenvalue weighted by molar-refractivity contribution is 0.449. The van der Waals surface area contributed by atoms with Gasteiger partial charge in [-0.25, -0.2) is 0 Å². The topological polar surface area (TPSA) is 82.5 Å². The molecule has 0 saturated heterocycles. The summed E-state index contributed by atoms with van der Waals surface area (Å²) in [6, 6.07) is 16.1. The summed E-state index contributed by atoms with van der Waals surface area (Å²) in [7, 11) is 0. The number of rotatable bonds is 2. The molecule has 0 aliphatic rings. The normalized spacial score (nSPS) is 11.7. The summed E-state index contributed by atoms with van der Waals surface area (Å²) in [6.45, 7) is 0. The molecule has 0 spiro atoms. The van der Waals surface area contributed by atoms with Crippen molar-refractivity contribution in [1.82, 2.24) is 24.7 Å². The highest BCUT2D eigenvalue weighted by atomic mass is 16.3. The number of fused-ring (bicyclic) bond motifs is 3. The van der Waals surface area contributed by atoms with Crippen LogP contribution in [0, 0.1) is 0 Å². The lowest BCUT2D eigenvalue weighted by atomic mass is 9.99. The third-order valence-corrected chi connectivity index (χ3v) is 5.26. The third-order valence-electron chi connectivity index (χ3n) is 5.26. The minimum absolute atomic E-state index is 0.169. The first-order valence-corrected chi connectivity index (χ1v) is 8.98.